The van der Waals surface area contributed by atoms with Crippen molar-refractivity contribution < 1.29 is 19.4 Å². The lowest BCUT2D eigenvalue weighted by atomic mass is 10.2. The zero-order valence-corrected chi connectivity index (χ0v) is 14.5. The minimum atomic E-state index is -0.403. The standard InChI is InChI=1S/C16H16N4O4S/c1-9-11-13(18-8-19-15(11)25-12(9)16(22)23-2)20-10-4-3-5-17-14(10)24-7-6-21/h3-5,8,21H,6-7H2,1-2H3,(H,18,19,20). The Labute approximate surface area is 147 Å². The maximum Gasteiger partial charge on any atom is 0.348 e. The van der Waals surface area contributed by atoms with Gasteiger partial charge in [-0.1, -0.05) is 0 Å². The van der Waals surface area contributed by atoms with E-state index in [2.05, 4.69) is 20.3 Å². The molecule has 9 heteroatoms. The number of aromatic nitrogens is 3. The number of ether oxygens (including phenoxy) is 2. The number of hydrogen-bond donors (Lipinski definition) is 2. The number of pyridine rings is 1. The van der Waals surface area contributed by atoms with E-state index in [1.807, 2.05) is 6.92 Å². The molecule has 0 aliphatic heterocycles. The van der Waals surface area contributed by atoms with Gasteiger partial charge in [-0.05, 0) is 24.6 Å². The van der Waals surface area contributed by atoms with Gasteiger partial charge in [-0.25, -0.2) is 19.7 Å². The van der Waals surface area contributed by atoms with Crippen LogP contribution in [-0.2, 0) is 4.74 Å². The average Bonchev–Trinajstić information content (AvgIpc) is 2.98. The summed E-state index contributed by atoms with van der Waals surface area (Å²) in [7, 11) is 1.34. The van der Waals surface area contributed by atoms with Crippen LogP contribution in [0, 0.1) is 6.92 Å². The Morgan fingerprint density at radius 2 is 2.20 bits per heavy atom. The first-order chi connectivity index (χ1) is 12.2. The van der Waals surface area contributed by atoms with Crippen molar-refractivity contribution in [2.75, 3.05) is 25.6 Å². The fraction of sp³-hybridized carbons (Fsp3) is 0.250. The number of aryl methyl sites for hydroxylation is 1. The summed E-state index contributed by atoms with van der Waals surface area (Å²) >= 11 is 1.25. The predicted octanol–water partition coefficient (Wildman–Crippen LogP) is 2.30. The van der Waals surface area contributed by atoms with Crippen molar-refractivity contribution >= 4 is 39.0 Å². The van der Waals surface area contributed by atoms with Gasteiger partial charge in [0.1, 0.15) is 34.1 Å². The van der Waals surface area contributed by atoms with E-state index in [0.717, 1.165) is 10.9 Å². The molecule has 0 aliphatic carbocycles. The third kappa shape index (κ3) is 3.37. The molecule has 3 aromatic heterocycles. The quantitative estimate of drug-likeness (QED) is 0.645. The topological polar surface area (TPSA) is 106 Å². The summed E-state index contributed by atoms with van der Waals surface area (Å²) < 4.78 is 10.2. The molecule has 0 saturated carbocycles. The van der Waals surface area contributed by atoms with Gasteiger partial charge in [-0.3, -0.25) is 0 Å². The normalized spacial score (nSPS) is 10.7. The molecule has 0 aliphatic rings. The van der Waals surface area contributed by atoms with E-state index >= 15 is 0 Å². The number of thiophene rings is 1. The van der Waals surface area contributed by atoms with Crippen LogP contribution in [0.4, 0.5) is 11.5 Å². The van der Waals surface area contributed by atoms with Crippen molar-refractivity contribution in [3.05, 3.63) is 35.1 Å². The number of carbonyl (C=O) groups is 1. The van der Waals surface area contributed by atoms with Gasteiger partial charge in [0.05, 0.1) is 19.1 Å². The van der Waals surface area contributed by atoms with Crippen molar-refractivity contribution in [1.29, 1.82) is 0 Å². The number of fused-ring (bicyclic) bond motifs is 1. The van der Waals surface area contributed by atoms with Gasteiger partial charge in [-0.2, -0.15) is 0 Å². The van der Waals surface area contributed by atoms with Gasteiger partial charge in [0.15, 0.2) is 0 Å². The molecule has 0 spiro atoms. The fourth-order valence-corrected chi connectivity index (χ4v) is 3.39. The van der Waals surface area contributed by atoms with Crippen molar-refractivity contribution in [3.63, 3.8) is 0 Å². The zero-order valence-electron chi connectivity index (χ0n) is 13.6. The van der Waals surface area contributed by atoms with Gasteiger partial charge in [0.25, 0.3) is 0 Å². The number of methoxy groups -OCH3 is 1. The lowest BCUT2D eigenvalue weighted by Gasteiger charge is -2.11. The Bertz CT molecular complexity index is 912. The van der Waals surface area contributed by atoms with Gasteiger partial charge in [0.2, 0.25) is 5.88 Å². The summed E-state index contributed by atoms with van der Waals surface area (Å²) in [4.78, 5) is 25.7. The Morgan fingerprint density at radius 1 is 1.36 bits per heavy atom. The van der Waals surface area contributed by atoms with Crippen LogP contribution in [-0.4, -0.2) is 46.4 Å². The molecule has 3 aromatic rings. The number of rotatable bonds is 6. The van der Waals surface area contributed by atoms with Crippen LogP contribution in [0.5, 0.6) is 5.88 Å². The van der Waals surface area contributed by atoms with Crippen LogP contribution in [0.1, 0.15) is 15.2 Å². The number of esters is 1. The second-order valence-corrected chi connectivity index (χ2v) is 6.00. The molecule has 0 aromatic carbocycles. The second kappa shape index (κ2) is 7.41. The predicted molar refractivity (Wildman–Crippen MR) is 93.6 cm³/mol. The number of hydrogen-bond acceptors (Lipinski definition) is 9. The molecule has 0 amide bonds. The van der Waals surface area contributed by atoms with Crippen molar-refractivity contribution in [3.8, 4) is 5.88 Å². The molecule has 0 unspecified atom stereocenters. The highest BCUT2D eigenvalue weighted by atomic mass is 32.1. The number of anilines is 2. The first-order valence-corrected chi connectivity index (χ1v) is 8.25. The number of aliphatic hydroxyl groups is 1. The van der Waals surface area contributed by atoms with E-state index in [1.165, 1.54) is 24.8 Å². The molecule has 0 bridgehead atoms. The smallest absolute Gasteiger partial charge is 0.348 e. The zero-order chi connectivity index (χ0) is 17.8. The Morgan fingerprint density at radius 3 is 2.96 bits per heavy atom. The van der Waals surface area contributed by atoms with E-state index in [-0.39, 0.29) is 13.2 Å². The summed E-state index contributed by atoms with van der Waals surface area (Å²) in [6.07, 6.45) is 3.02. The van der Waals surface area contributed by atoms with Gasteiger partial charge < -0.3 is 19.9 Å². The molecular formula is C16H16N4O4S. The highest BCUT2D eigenvalue weighted by Crippen LogP contribution is 2.35. The minimum Gasteiger partial charge on any atom is -0.474 e. The number of aliphatic hydroxyl groups excluding tert-OH is 1. The van der Waals surface area contributed by atoms with Crippen molar-refractivity contribution in [2.45, 2.75) is 6.92 Å². The van der Waals surface area contributed by atoms with Gasteiger partial charge >= 0.3 is 5.97 Å². The Hall–Kier alpha value is -2.78. The maximum absolute atomic E-state index is 11.9. The van der Waals surface area contributed by atoms with Crippen LogP contribution in [0.3, 0.4) is 0 Å². The lowest BCUT2D eigenvalue weighted by molar-refractivity contribution is 0.0605. The largest absolute Gasteiger partial charge is 0.474 e. The van der Waals surface area contributed by atoms with Crippen molar-refractivity contribution in [2.24, 2.45) is 0 Å². The highest BCUT2D eigenvalue weighted by Gasteiger charge is 2.20. The van der Waals surface area contributed by atoms with Crippen LogP contribution >= 0.6 is 11.3 Å². The van der Waals surface area contributed by atoms with Gasteiger partial charge in [0, 0.05) is 6.20 Å². The van der Waals surface area contributed by atoms with Gasteiger partial charge in [-0.15, -0.1) is 11.3 Å². The lowest BCUT2D eigenvalue weighted by Crippen LogP contribution is -2.06. The molecule has 25 heavy (non-hydrogen) atoms. The van der Waals surface area contributed by atoms with Crippen LogP contribution in [0.2, 0.25) is 0 Å². The van der Waals surface area contributed by atoms with E-state index in [1.54, 1.807) is 18.3 Å². The summed E-state index contributed by atoms with van der Waals surface area (Å²) in [6.45, 7) is 1.85. The third-order valence-electron chi connectivity index (χ3n) is 3.45. The molecule has 2 N–H and O–H groups in total. The van der Waals surface area contributed by atoms with Crippen molar-refractivity contribution in [1.82, 2.24) is 15.0 Å². The summed E-state index contributed by atoms with van der Waals surface area (Å²) in [5.74, 6) is 0.486. The molecule has 0 radical (unpaired) electrons. The first-order valence-electron chi connectivity index (χ1n) is 7.43. The second-order valence-electron chi connectivity index (χ2n) is 5.00. The summed E-state index contributed by atoms with van der Waals surface area (Å²) in [6, 6.07) is 3.55. The van der Waals surface area contributed by atoms with Crippen LogP contribution < -0.4 is 10.1 Å². The SMILES string of the molecule is COC(=O)c1sc2ncnc(Nc3cccnc3OCCO)c2c1C. The number of nitrogens with zero attached hydrogens (tertiary/aromatic N) is 3. The fourth-order valence-electron chi connectivity index (χ4n) is 2.32. The molecule has 0 fully saturated rings. The Kier molecular flexibility index (Phi) is 5.05. The molecule has 8 nitrogen and oxygen atoms in total. The molecular weight excluding hydrogens is 344 g/mol. The number of nitrogens with one attached hydrogen (secondary N) is 1. The monoisotopic (exact) mass is 360 g/mol. The van der Waals surface area contributed by atoms with Crippen LogP contribution in [0.25, 0.3) is 10.2 Å². The Balaban J connectivity index is 2.03. The van der Waals surface area contributed by atoms with E-state index in [9.17, 15) is 4.79 Å². The van der Waals surface area contributed by atoms with E-state index in [0.29, 0.717) is 27.1 Å². The summed E-state index contributed by atoms with van der Waals surface area (Å²) in [5, 5.41) is 12.8. The average molecular weight is 360 g/mol. The molecule has 130 valence electrons. The molecule has 0 atom stereocenters. The first kappa shape index (κ1) is 17.1. The maximum atomic E-state index is 11.9. The highest BCUT2D eigenvalue weighted by molar-refractivity contribution is 7.20. The van der Waals surface area contributed by atoms with E-state index in [4.69, 9.17) is 14.6 Å². The molecule has 3 rings (SSSR count). The van der Waals surface area contributed by atoms with Crippen LogP contribution in [0.15, 0.2) is 24.7 Å². The minimum absolute atomic E-state index is 0.111. The molecule has 0 saturated heterocycles. The third-order valence-corrected chi connectivity index (χ3v) is 4.63. The number of carbonyl (C=O) groups excluding carboxylic acids is 1. The summed E-state index contributed by atoms with van der Waals surface area (Å²) in [5.41, 5.74) is 1.35. The van der Waals surface area contributed by atoms with E-state index < -0.39 is 5.97 Å². The molecule has 3 heterocycles.